The minimum Gasteiger partial charge on any atom is -0.356 e. The Kier molecular flexibility index (Phi) is 14.0. The number of hydrogen-bond acceptors (Lipinski definition) is 3. The Morgan fingerprint density at radius 1 is 1.00 bits per heavy atom. The van der Waals surface area contributed by atoms with Crippen LogP contribution in [0, 0.1) is 11.8 Å². The number of piperazine rings is 1. The predicted molar refractivity (Wildman–Crippen MR) is 121 cm³/mol. The highest BCUT2D eigenvalue weighted by Crippen LogP contribution is 2.07. The fourth-order valence-corrected chi connectivity index (χ4v) is 3.15. The summed E-state index contributed by atoms with van der Waals surface area (Å²) in [6, 6.07) is 0.469. The van der Waals surface area contributed by atoms with Gasteiger partial charge >= 0.3 is 0 Å². The normalized spacial score (nSPS) is 19.4. The van der Waals surface area contributed by atoms with Gasteiger partial charge in [0, 0.05) is 52.4 Å². The zero-order valence-electron chi connectivity index (χ0n) is 17.3. The maximum atomic E-state index is 4.37. The van der Waals surface area contributed by atoms with Crippen molar-refractivity contribution in [1.82, 2.24) is 20.4 Å². The molecule has 0 aromatic heterocycles. The second-order valence-electron chi connectivity index (χ2n) is 7.81. The third-order valence-corrected chi connectivity index (χ3v) is 4.88. The van der Waals surface area contributed by atoms with E-state index in [1.165, 1.54) is 52.1 Å². The Morgan fingerprint density at radius 2 is 1.60 bits per heavy atom. The second kappa shape index (κ2) is 14.0. The highest BCUT2D eigenvalue weighted by Gasteiger charge is 2.17. The largest absolute Gasteiger partial charge is 0.356 e. The first-order valence-electron chi connectivity index (χ1n) is 9.86. The van der Waals surface area contributed by atoms with Gasteiger partial charge in [-0.15, -0.1) is 24.0 Å². The maximum absolute atomic E-state index is 4.37. The van der Waals surface area contributed by atoms with Gasteiger partial charge in [0.05, 0.1) is 0 Å². The summed E-state index contributed by atoms with van der Waals surface area (Å²) in [5, 5.41) is 7.01. The molecule has 1 rings (SSSR count). The standard InChI is InChI=1S/C19H41N5.HI/c1-7-23-10-12-24(13-11-23)15-17(4)14-21-19(20-6)22-18(5)9-8-16(2)3;/h16-18H,7-15H2,1-6H3,(H2,20,21,22);1H. The number of nitrogens with one attached hydrogen (secondary N) is 2. The van der Waals surface area contributed by atoms with Crippen LogP contribution in [0.2, 0.25) is 0 Å². The van der Waals surface area contributed by atoms with Crippen LogP contribution in [0.25, 0.3) is 0 Å². The van der Waals surface area contributed by atoms with Gasteiger partial charge < -0.3 is 20.4 Å². The van der Waals surface area contributed by atoms with Crippen molar-refractivity contribution in [3.63, 3.8) is 0 Å². The molecule has 1 aliphatic rings. The molecular formula is C19H42IN5. The molecule has 25 heavy (non-hydrogen) atoms. The summed E-state index contributed by atoms with van der Waals surface area (Å²) >= 11 is 0. The van der Waals surface area contributed by atoms with Crippen LogP contribution in [-0.2, 0) is 0 Å². The van der Waals surface area contributed by atoms with Crippen molar-refractivity contribution < 1.29 is 0 Å². The molecule has 150 valence electrons. The topological polar surface area (TPSA) is 42.9 Å². The van der Waals surface area contributed by atoms with Crippen LogP contribution in [0.15, 0.2) is 4.99 Å². The molecule has 2 atom stereocenters. The predicted octanol–water partition coefficient (Wildman–Crippen LogP) is 2.87. The first-order chi connectivity index (χ1) is 11.4. The number of aliphatic imine (C=N–C) groups is 1. The Morgan fingerprint density at radius 3 is 2.12 bits per heavy atom. The van der Waals surface area contributed by atoms with Gasteiger partial charge in [0.25, 0.3) is 0 Å². The van der Waals surface area contributed by atoms with E-state index in [0.717, 1.165) is 18.4 Å². The van der Waals surface area contributed by atoms with Crippen LogP contribution in [0.3, 0.4) is 0 Å². The maximum Gasteiger partial charge on any atom is 0.191 e. The summed E-state index contributed by atoms with van der Waals surface area (Å²) < 4.78 is 0. The Balaban J connectivity index is 0.00000576. The van der Waals surface area contributed by atoms with E-state index in [2.05, 4.69) is 60.0 Å². The molecular weight excluding hydrogens is 425 g/mol. The van der Waals surface area contributed by atoms with Crippen molar-refractivity contribution in [3.05, 3.63) is 0 Å². The number of guanidine groups is 1. The number of rotatable bonds is 9. The zero-order chi connectivity index (χ0) is 17.9. The van der Waals surface area contributed by atoms with Crippen molar-refractivity contribution in [2.45, 2.75) is 53.5 Å². The molecule has 0 aliphatic carbocycles. The highest BCUT2D eigenvalue weighted by molar-refractivity contribution is 14.0. The van der Waals surface area contributed by atoms with Gasteiger partial charge in [-0.25, -0.2) is 0 Å². The summed E-state index contributed by atoms with van der Waals surface area (Å²) in [5.41, 5.74) is 0. The van der Waals surface area contributed by atoms with Gasteiger partial charge in [-0.1, -0.05) is 27.7 Å². The van der Waals surface area contributed by atoms with E-state index in [1.54, 1.807) is 0 Å². The van der Waals surface area contributed by atoms with Gasteiger partial charge in [-0.05, 0) is 38.1 Å². The van der Waals surface area contributed by atoms with Gasteiger partial charge in [-0.3, -0.25) is 4.99 Å². The summed E-state index contributed by atoms with van der Waals surface area (Å²) in [4.78, 5) is 9.50. The number of likely N-dealkylation sites (N-methyl/N-ethyl adjacent to an activating group) is 1. The fourth-order valence-electron chi connectivity index (χ4n) is 3.15. The van der Waals surface area contributed by atoms with Crippen LogP contribution in [-0.4, -0.2) is 74.7 Å². The summed E-state index contributed by atoms with van der Waals surface area (Å²) in [5.74, 6) is 2.33. The molecule has 0 amide bonds. The van der Waals surface area contributed by atoms with E-state index in [1.807, 2.05) is 7.05 Å². The second-order valence-corrected chi connectivity index (χ2v) is 7.81. The minimum atomic E-state index is 0. The minimum absolute atomic E-state index is 0. The molecule has 0 bridgehead atoms. The third-order valence-electron chi connectivity index (χ3n) is 4.88. The number of nitrogens with zero attached hydrogens (tertiary/aromatic N) is 3. The van der Waals surface area contributed by atoms with Crippen molar-refractivity contribution in [3.8, 4) is 0 Å². The van der Waals surface area contributed by atoms with Crippen LogP contribution >= 0.6 is 24.0 Å². The Labute approximate surface area is 173 Å². The average Bonchev–Trinajstić information content (AvgIpc) is 2.57. The molecule has 0 aromatic carbocycles. The smallest absolute Gasteiger partial charge is 0.191 e. The van der Waals surface area contributed by atoms with Gasteiger partial charge in [0.1, 0.15) is 0 Å². The quantitative estimate of drug-likeness (QED) is 0.311. The lowest BCUT2D eigenvalue weighted by Gasteiger charge is -2.35. The van der Waals surface area contributed by atoms with E-state index in [9.17, 15) is 0 Å². The lowest BCUT2D eigenvalue weighted by Crippen LogP contribution is -2.49. The highest BCUT2D eigenvalue weighted by atomic mass is 127. The van der Waals surface area contributed by atoms with Gasteiger partial charge in [0.15, 0.2) is 5.96 Å². The van der Waals surface area contributed by atoms with Crippen LogP contribution < -0.4 is 10.6 Å². The van der Waals surface area contributed by atoms with Crippen LogP contribution in [0.4, 0.5) is 0 Å². The SMILES string of the molecule is CCN1CCN(CC(C)CNC(=NC)NC(C)CCC(C)C)CC1.I. The Hall–Kier alpha value is -0.0800. The summed E-state index contributed by atoms with van der Waals surface area (Å²) in [6.07, 6.45) is 2.45. The van der Waals surface area contributed by atoms with Gasteiger partial charge in [-0.2, -0.15) is 0 Å². The molecule has 1 saturated heterocycles. The molecule has 1 aliphatic heterocycles. The van der Waals surface area contributed by atoms with Crippen molar-refractivity contribution in [1.29, 1.82) is 0 Å². The van der Waals surface area contributed by atoms with Gasteiger partial charge in [0.2, 0.25) is 0 Å². The number of halogens is 1. The fraction of sp³-hybridized carbons (Fsp3) is 0.947. The molecule has 0 saturated carbocycles. The van der Waals surface area contributed by atoms with Crippen molar-refractivity contribution >= 4 is 29.9 Å². The first-order valence-corrected chi connectivity index (χ1v) is 9.86. The monoisotopic (exact) mass is 467 g/mol. The molecule has 1 heterocycles. The molecule has 0 spiro atoms. The van der Waals surface area contributed by atoms with Crippen molar-refractivity contribution in [2.75, 3.05) is 52.9 Å². The van der Waals surface area contributed by atoms with E-state index in [4.69, 9.17) is 0 Å². The average molecular weight is 467 g/mol. The molecule has 2 unspecified atom stereocenters. The van der Waals surface area contributed by atoms with Crippen LogP contribution in [0.5, 0.6) is 0 Å². The lowest BCUT2D eigenvalue weighted by molar-refractivity contribution is 0.124. The lowest BCUT2D eigenvalue weighted by atomic mass is 10.0. The van der Waals surface area contributed by atoms with E-state index >= 15 is 0 Å². The van der Waals surface area contributed by atoms with Crippen LogP contribution in [0.1, 0.15) is 47.5 Å². The zero-order valence-corrected chi connectivity index (χ0v) is 19.7. The molecule has 1 fully saturated rings. The van der Waals surface area contributed by atoms with E-state index < -0.39 is 0 Å². The molecule has 0 aromatic rings. The summed E-state index contributed by atoms with van der Waals surface area (Å²) in [7, 11) is 1.86. The number of hydrogen-bond donors (Lipinski definition) is 2. The summed E-state index contributed by atoms with van der Waals surface area (Å²) in [6.45, 7) is 19.6. The Bertz CT molecular complexity index is 354. The molecule has 6 heteroatoms. The van der Waals surface area contributed by atoms with Crippen molar-refractivity contribution in [2.24, 2.45) is 16.8 Å². The molecule has 0 radical (unpaired) electrons. The van der Waals surface area contributed by atoms with E-state index in [0.29, 0.717) is 12.0 Å². The molecule has 2 N–H and O–H groups in total. The molecule has 5 nitrogen and oxygen atoms in total. The first kappa shape index (κ1) is 24.9. The van der Waals surface area contributed by atoms with E-state index in [-0.39, 0.29) is 24.0 Å². The third kappa shape index (κ3) is 11.3.